The van der Waals surface area contributed by atoms with Crippen LogP contribution in [0.5, 0.6) is 11.5 Å². The quantitative estimate of drug-likeness (QED) is 0.909. The standard InChI is InChI=1S/C19H22N4O3/c20-18-11-21-15(10-22-18)8-13-2-1-6-23(7-5-13)19(24)14-3-4-16-17(9-14)26-12-25-16/h3-4,9-11,13H,1-2,5-8,12H2,(H2,20,22)/t13-/m0/s1. The van der Waals surface area contributed by atoms with Gasteiger partial charge in [0.2, 0.25) is 6.79 Å². The Bertz CT molecular complexity index is 794. The molecule has 0 spiro atoms. The first-order valence-corrected chi connectivity index (χ1v) is 8.94. The topological polar surface area (TPSA) is 90.6 Å². The highest BCUT2D eigenvalue weighted by molar-refractivity contribution is 5.95. The molecule has 7 heteroatoms. The molecule has 26 heavy (non-hydrogen) atoms. The van der Waals surface area contributed by atoms with Crippen LogP contribution in [0.2, 0.25) is 0 Å². The first-order chi connectivity index (χ1) is 12.7. The van der Waals surface area contributed by atoms with Crippen molar-refractivity contribution in [2.24, 2.45) is 5.92 Å². The van der Waals surface area contributed by atoms with Crippen molar-refractivity contribution in [3.63, 3.8) is 0 Å². The number of amides is 1. The molecule has 1 atom stereocenters. The zero-order chi connectivity index (χ0) is 17.9. The van der Waals surface area contributed by atoms with Crippen LogP contribution in [-0.4, -0.2) is 40.7 Å². The highest BCUT2D eigenvalue weighted by Gasteiger charge is 2.24. The van der Waals surface area contributed by atoms with Crippen LogP contribution in [0, 0.1) is 5.92 Å². The lowest BCUT2D eigenvalue weighted by molar-refractivity contribution is 0.0759. The molecule has 7 nitrogen and oxygen atoms in total. The van der Waals surface area contributed by atoms with Gasteiger partial charge in [0.1, 0.15) is 5.82 Å². The van der Waals surface area contributed by atoms with E-state index in [2.05, 4.69) is 9.97 Å². The molecule has 136 valence electrons. The smallest absolute Gasteiger partial charge is 0.253 e. The molecule has 0 aliphatic carbocycles. The van der Waals surface area contributed by atoms with Crippen LogP contribution >= 0.6 is 0 Å². The number of carbonyl (C=O) groups is 1. The molecule has 0 bridgehead atoms. The maximum Gasteiger partial charge on any atom is 0.253 e. The highest BCUT2D eigenvalue weighted by Crippen LogP contribution is 2.33. The van der Waals surface area contributed by atoms with Gasteiger partial charge in [0.25, 0.3) is 5.91 Å². The Morgan fingerprint density at radius 1 is 1.15 bits per heavy atom. The number of nitrogens with zero attached hydrogens (tertiary/aromatic N) is 3. The van der Waals surface area contributed by atoms with Crippen molar-refractivity contribution in [1.82, 2.24) is 14.9 Å². The van der Waals surface area contributed by atoms with Crippen molar-refractivity contribution >= 4 is 11.7 Å². The average Bonchev–Trinajstić information content (AvgIpc) is 3.01. The summed E-state index contributed by atoms with van der Waals surface area (Å²) in [6.07, 6.45) is 7.25. The lowest BCUT2D eigenvalue weighted by atomic mass is 9.95. The normalized spacial score (nSPS) is 19.2. The van der Waals surface area contributed by atoms with Crippen molar-refractivity contribution in [1.29, 1.82) is 0 Å². The van der Waals surface area contributed by atoms with Crippen LogP contribution < -0.4 is 15.2 Å². The van der Waals surface area contributed by atoms with E-state index in [4.69, 9.17) is 15.2 Å². The minimum Gasteiger partial charge on any atom is -0.454 e. The van der Waals surface area contributed by atoms with Crippen molar-refractivity contribution in [3.8, 4) is 11.5 Å². The minimum atomic E-state index is 0.0521. The lowest BCUT2D eigenvalue weighted by Gasteiger charge is -2.21. The van der Waals surface area contributed by atoms with E-state index in [0.29, 0.717) is 28.8 Å². The zero-order valence-electron chi connectivity index (χ0n) is 14.6. The number of likely N-dealkylation sites (tertiary alicyclic amines) is 1. The summed E-state index contributed by atoms with van der Waals surface area (Å²) in [6.45, 7) is 1.74. The number of fused-ring (bicyclic) bond motifs is 1. The summed E-state index contributed by atoms with van der Waals surface area (Å²) in [6, 6.07) is 5.38. The number of carbonyl (C=O) groups excluding carboxylic acids is 1. The van der Waals surface area contributed by atoms with E-state index in [9.17, 15) is 4.79 Å². The molecule has 2 aliphatic rings. The second kappa shape index (κ2) is 7.19. The van der Waals surface area contributed by atoms with Gasteiger partial charge in [-0.2, -0.15) is 0 Å². The maximum atomic E-state index is 12.8. The monoisotopic (exact) mass is 354 g/mol. The number of ether oxygens (including phenoxy) is 2. The van der Waals surface area contributed by atoms with Crippen LogP contribution in [0.15, 0.2) is 30.6 Å². The fourth-order valence-electron chi connectivity index (χ4n) is 3.55. The fourth-order valence-corrected chi connectivity index (χ4v) is 3.55. The Balaban J connectivity index is 1.38. The summed E-state index contributed by atoms with van der Waals surface area (Å²) in [5, 5.41) is 0. The average molecular weight is 354 g/mol. The lowest BCUT2D eigenvalue weighted by Crippen LogP contribution is -2.32. The summed E-state index contributed by atoms with van der Waals surface area (Å²) in [7, 11) is 0. The van der Waals surface area contributed by atoms with Gasteiger partial charge in [-0.3, -0.25) is 9.78 Å². The van der Waals surface area contributed by atoms with E-state index in [1.165, 1.54) is 0 Å². The number of anilines is 1. The number of nitrogens with two attached hydrogens (primary N) is 1. The van der Waals surface area contributed by atoms with E-state index in [0.717, 1.165) is 44.5 Å². The van der Waals surface area contributed by atoms with Gasteiger partial charge < -0.3 is 20.1 Å². The summed E-state index contributed by atoms with van der Waals surface area (Å²) in [4.78, 5) is 23.2. The molecule has 4 rings (SSSR count). The molecule has 1 fully saturated rings. The first kappa shape index (κ1) is 16.6. The Morgan fingerprint density at radius 3 is 2.88 bits per heavy atom. The van der Waals surface area contributed by atoms with Gasteiger partial charge in [0, 0.05) is 18.7 Å². The molecule has 1 amide bonds. The van der Waals surface area contributed by atoms with E-state index in [1.54, 1.807) is 24.5 Å². The van der Waals surface area contributed by atoms with Crippen molar-refractivity contribution in [2.75, 3.05) is 25.6 Å². The predicted molar refractivity (Wildman–Crippen MR) is 96.0 cm³/mol. The van der Waals surface area contributed by atoms with Gasteiger partial charge in [0.15, 0.2) is 11.5 Å². The molecule has 1 aromatic heterocycles. The van der Waals surface area contributed by atoms with Crippen LogP contribution in [0.25, 0.3) is 0 Å². The predicted octanol–water partition coefficient (Wildman–Crippen LogP) is 2.27. The number of aromatic nitrogens is 2. The molecule has 2 aliphatic heterocycles. The largest absolute Gasteiger partial charge is 0.454 e. The Kier molecular flexibility index (Phi) is 4.60. The van der Waals surface area contributed by atoms with Crippen LogP contribution in [0.3, 0.4) is 0 Å². The molecular formula is C19H22N4O3. The fraction of sp³-hybridized carbons (Fsp3) is 0.421. The molecule has 0 saturated carbocycles. The zero-order valence-corrected chi connectivity index (χ0v) is 14.6. The second-order valence-corrected chi connectivity index (χ2v) is 6.79. The third-order valence-corrected chi connectivity index (χ3v) is 4.98. The minimum absolute atomic E-state index is 0.0521. The van der Waals surface area contributed by atoms with Crippen molar-refractivity contribution < 1.29 is 14.3 Å². The third-order valence-electron chi connectivity index (χ3n) is 4.98. The van der Waals surface area contributed by atoms with Gasteiger partial charge in [-0.05, 0) is 49.8 Å². The Labute approximate surface area is 152 Å². The van der Waals surface area contributed by atoms with E-state index >= 15 is 0 Å². The first-order valence-electron chi connectivity index (χ1n) is 8.94. The number of hydrogen-bond donors (Lipinski definition) is 1. The Hall–Kier alpha value is -2.83. The van der Waals surface area contributed by atoms with Gasteiger partial charge in [0.05, 0.1) is 18.1 Å². The Morgan fingerprint density at radius 2 is 2.04 bits per heavy atom. The molecule has 3 heterocycles. The summed E-state index contributed by atoms with van der Waals surface area (Å²) < 4.78 is 10.7. The molecule has 2 aromatic rings. The molecule has 0 unspecified atom stereocenters. The number of hydrogen-bond acceptors (Lipinski definition) is 6. The maximum absolute atomic E-state index is 12.8. The van der Waals surface area contributed by atoms with Gasteiger partial charge >= 0.3 is 0 Å². The van der Waals surface area contributed by atoms with E-state index in [-0.39, 0.29) is 12.7 Å². The number of rotatable bonds is 3. The van der Waals surface area contributed by atoms with Gasteiger partial charge in [-0.1, -0.05) is 0 Å². The molecular weight excluding hydrogens is 332 g/mol. The highest BCUT2D eigenvalue weighted by atomic mass is 16.7. The van der Waals surface area contributed by atoms with Crippen LogP contribution in [0.1, 0.15) is 35.3 Å². The van der Waals surface area contributed by atoms with Crippen molar-refractivity contribution in [3.05, 3.63) is 41.9 Å². The summed E-state index contributed by atoms with van der Waals surface area (Å²) in [5.41, 5.74) is 7.20. The van der Waals surface area contributed by atoms with Gasteiger partial charge in [-0.15, -0.1) is 0 Å². The molecule has 2 N–H and O–H groups in total. The van der Waals surface area contributed by atoms with Crippen LogP contribution in [0.4, 0.5) is 5.82 Å². The van der Waals surface area contributed by atoms with E-state index in [1.807, 2.05) is 11.0 Å². The van der Waals surface area contributed by atoms with Crippen LogP contribution in [-0.2, 0) is 6.42 Å². The molecule has 0 radical (unpaired) electrons. The molecule has 1 saturated heterocycles. The molecule has 1 aromatic carbocycles. The SMILES string of the molecule is Nc1cnc(C[C@H]2CCCN(C(=O)c3ccc4c(c3)OCO4)CC2)cn1. The second-order valence-electron chi connectivity index (χ2n) is 6.79. The summed E-state index contributed by atoms with van der Waals surface area (Å²) in [5.74, 6) is 2.33. The van der Waals surface area contributed by atoms with Crippen molar-refractivity contribution in [2.45, 2.75) is 25.7 Å². The third kappa shape index (κ3) is 3.56. The number of benzene rings is 1. The number of nitrogen functional groups attached to an aromatic ring is 1. The van der Waals surface area contributed by atoms with Gasteiger partial charge in [-0.25, -0.2) is 4.98 Å². The summed E-state index contributed by atoms with van der Waals surface area (Å²) >= 11 is 0. The van der Waals surface area contributed by atoms with E-state index < -0.39 is 0 Å².